The number of amides is 1. The maximum atomic E-state index is 11.9. The first kappa shape index (κ1) is 13.4. The second-order valence-corrected chi connectivity index (χ2v) is 5.03. The molecule has 1 amide bonds. The molecule has 1 saturated carbocycles. The van der Waals surface area contributed by atoms with E-state index in [-0.39, 0.29) is 5.91 Å². The van der Waals surface area contributed by atoms with Gasteiger partial charge in [0, 0.05) is 6.08 Å². The van der Waals surface area contributed by atoms with Crippen LogP contribution in [-0.2, 0) is 4.79 Å². The van der Waals surface area contributed by atoms with Gasteiger partial charge in [-0.25, -0.2) is 0 Å². The molecule has 1 aromatic rings. The van der Waals surface area contributed by atoms with E-state index >= 15 is 0 Å². The van der Waals surface area contributed by atoms with Gasteiger partial charge in [-0.2, -0.15) is 5.26 Å². The largest absolute Gasteiger partial charge is 0.462 e. The van der Waals surface area contributed by atoms with E-state index in [1.54, 1.807) is 12.1 Å². The second kappa shape index (κ2) is 5.75. The first-order chi connectivity index (χ1) is 9.13. The van der Waals surface area contributed by atoms with Crippen LogP contribution in [0.3, 0.4) is 0 Å². The Morgan fingerprint density at radius 2 is 2.16 bits per heavy atom. The Kier molecular flexibility index (Phi) is 4.06. The highest BCUT2D eigenvalue weighted by Gasteiger charge is 2.32. The van der Waals surface area contributed by atoms with Crippen LogP contribution in [0, 0.1) is 18.3 Å². The number of aryl methyl sites for hydroxylation is 1. The molecule has 0 radical (unpaired) electrons. The number of nitrogens with one attached hydrogen (secondary N) is 1. The van der Waals surface area contributed by atoms with Gasteiger partial charge in [-0.15, -0.1) is 0 Å². The van der Waals surface area contributed by atoms with Gasteiger partial charge in [0.05, 0.1) is 6.07 Å². The molecule has 1 aromatic heterocycles. The summed E-state index contributed by atoms with van der Waals surface area (Å²) in [6.07, 6.45) is 7.65. The highest BCUT2D eigenvalue weighted by Crippen LogP contribution is 2.27. The number of hydrogen-bond donors (Lipinski definition) is 1. The Morgan fingerprint density at radius 3 is 2.74 bits per heavy atom. The Balaban J connectivity index is 1.97. The lowest BCUT2D eigenvalue weighted by Gasteiger charge is -2.30. The average Bonchev–Trinajstić information content (AvgIpc) is 2.83. The molecule has 0 saturated heterocycles. The Hall–Kier alpha value is -2.02. The molecule has 4 nitrogen and oxygen atoms in total. The molecule has 0 bridgehead atoms. The summed E-state index contributed by atoms with van der Waals surface area (Å²) in [4.78, 5) is 11.9. The third kappa shape index (κ3) is 3.47. The Bertz CT molecular complexity index is 516. The van der Waals surface area contributed by atoms with Crippen LogP contribution in [0.2, 0.25) is 0 Å². The molecule has 19 heavy (non-hydrogen) atoms. The van der Waals surface area contributed by atoms with E-state index in [0.29, 0.717) is 5.76 Å². The van der Waals surface area contributed by atoms with E-state index < -0.39 is 5.54 Å². The molecule has 0 aliphatic heterocycles. The van der Waals surface area contributed by atoms with Gasteiger partial charge < -0.3 is 9.73 Å². The standard InChI is InChI=1S/C15H18N2O2/c1-12-5-6-13(19-12)7-8-14(18)17-15(11-16)9-3-2-4-10-15/h5-8H,2-4,9-10H2,1H3,(H,17,18)/b8-7+. The monoisotopic (exact) mass is 258 g/mol. The molecule has 1 aliphatic rings. The molecular formula is C15H18N2O2. The third-order valence-corrected chi connectivity index (χ3v) is 3.44. The average molecular weight is 258 g/mol. The van der Waals surface area contributed by atoms with Crippen molar-refractivity contribution in [1.29, 1.82) is 5.26 Å². The van der Waals surface area contributed by atoms with Gasteiger partial charge in [-0.05, 0) is 38.0 Å². The number of nitriles is 1. The zero-order valence-corrected chi connectivity index (χ0v) is 11.1. The minimum absolute atomic E-state index is 0.238. The van der Waals surface area contributed by atoms with Crippen molar-refractivity contribution in [2.75, 3.05) is 0 Å². The van der Waals surface area contributed by atoms with Crippen molar-refractivity contribution < 1.29 is 9.21 Å². The number of rotatable bonds is 3. The Morgan fingerprint density at radius 1 is 1.42 bits per heavy atom. The number of furan rings is 1. The summed E-state index contributed by atoms with van der Waals surface area (Å²) in [5.74, 6) is 1.21. The molecule has 0 aromatic carbocycles. The minimum atomic E-state index is -0.682. The second-order valence-electron chi connectivity index (χ2n) is 5.03. The van der Waals surface area contributed by atoms with E-state index in [0.717, 1.165) is 37.9 Å². The summed E-state index contributed by atoms with van der Waals surface area (Å²) in [5, 5.41) is 12.1. The Labute approximate surface area is 113 Å². The van der Waals surface area contributed by atoms with Gasteiger partial charge in [0.25, 0.3) is 0 Å². The van der Waals surface area contributed by atoms with Crippen molar-refractivity contribution in [3.05, 3.63) is 29.7 Å². The fourth-order valence-electron chi connectivity index (χ4n) is 2.40. The van der Waals surface area contributed by atoms with Crippen LogP contribution in [0.25, 0.3) is 6.08 Å². The predicted molar refractivity (Wildman–Crippen MR) is 72.1 cm³/mol. The molecule has 1 aliphatic carbocycles. The normalized spacial score (nSPS) is 18.1. The maximum Gasteiger partial charge on any atom is 0.245 e. The smallest absolute Gasteiger partial charge is 0.245 e. The number of nitrogens with zero attached hydrogens (tertiary/aromatic N) is 1. The molecule has 1 N–H and O–H groups in total. The summed E-state index contributed by atoms with van der Waals surface area (Å²) < 4.78 is 5.34. The van der Waals surface area contributed by atoms with Crippen molar-refractivity contribution >= 4 is 12.0 Å². The molecular weight excluding hydrogens is 240 g/mol. The molecule has 0 atom stereocenters. The fraction of sp³-hybridized carbons (Fsp3) is 0.467. The van der Waals surface area contributed by atoms with Crippen molar-refractivity contribution in [3.63, 3.8) is 0 Å². The topological polar surface area (TPSA) is 66.0 Å². The highest BCUT2D eigenvalue weighted by atomic mass is 16.3. The zero-order valence-electron chi connectivity index (χ0n) is 11.1. The fourth-order valence-corrected chi connectivity index (χ4v) is 2.40. The lowest BCUT2D eigenvalue weighted by Crippen LogP contribution is -2.48. The lowest BCUT2D eigenvalue weighted by molar-refractivity contribution is -0.118. The molecule has 4 heteroatoms. The van der Waals surface area contributed by atoms with Gasteiger partial charge in [-0.1, -0.05) is 19.3 Å². The molecule has 0 spiro atoms. The quantitative estimate of drug-likeness (QED) is 0.848. The summed E-state index contributed by atoms with van der Waals surface area (Å²) in [7, 11) is 0. The highest BCUT2D eigenvalue weighted by molar-refractivity contribution is 5.92. The predicted octanol–water partition coefficient (Wildman–Crippen LogP) is 2.94. The number of carbonyl (C=O) groups excluding carboxylic acids is 1. The van der Waals surface area contributed by atoms with Crippen LogP contribution in [0.5, 0.6) is 0 Å². The van der Waals surface area contributed by atoms with Gasteiger partial charge >= 0.3 is 0 Å². The van der Waals surface area contributed by atoms with Crippen LogP contribution in [-0.4, -0.2) is 11.4 Å². The van der Waals surface area contributed by atoms with E-state index in [1.807, 2.05) is 13.0 Å². The SMILES string of the molecule is Cc1ccc(/C=C/C(=O)NC2(C#N)CCCCC2)o1. The van der Waals surface area contributed by atoms with Gasteiger partial charge in [0.1, 0.15) is 17.1 Å². The van der Waals surface area contributed by atoms with Crippen LogP contribution >= 0.6 is 0 Å². The molecule has 100 valence electrons. The van der Waals surface area contributed by atoms with Crippen molar-refractivity contribution in [1.82, 2.24) is 5.32 Å². The zero-order chi connectivity index (χ0) is 13.7. The molecule has 2 rings (SSSR count). The molecule has 1 heterocycles. The van der Waals surface area contributed by atoms with E-state index in [9.17, 15) is 10.1 Å². The van der Waals surface area contributed by atoms with E-state index in [4.69, 9.17) is 4.42 Å². The van der Waals surface area contributed by atoms with E-state index in [1.165, 1.54) is 6.08 Å². The van der Waals surface area contributed by atoms with Crippen LogP contribution < -0.4 is 5.32 Å². The van der Waals surface area contributed by atoms with E-state index in [2.05, 4.69) is 11.4 Å². The number of carbonyl (C=O) groups is 1. The number of hydrogen-bond acceptors (Lipinski definition) is 3. The summed E-state index contributed by atoms with van der Waals surface area (Å²) in [6.45, 7) is 1.85. The van der Waals surface area contributed by atoms with Gasteiger partial charge in [0.15, 0.2) is 0 Å². The maximum absolute atomic E-state index is 11.9. The van der Waals surface area contributed by atoms with Crippen LogP contribution in [0.15, 0.2) is 22.6 Å². The summed E-state index contributed by atoms with van der Waals surface area (Å²) in [5.41, 5.74) is -0.682. The summed E-state index contributed by atoms with van der Waals surface area (Å²) in [6, 6.07) is 5.91. The van der Waals surface area contributed by atoms with Crippen molar-refractivity contribution in [2.45, 2.75) is 44.6 Å². The van der Waals surface area contributed by atoms with Gasteiger partial charge in [0.2, 0.25) is 5.91 Å². The third-order valence-electron chi connectivity index (χ3n) is 3.44. The first-order valence-electron chi connectivity index (χ1n) is 6.61. The summed E-state index contributed by atoms with van der Waals surface area (Å²) >= 11 is 0. The van der Waals surface area contributed by atoms with Crippen molar-refractivity contribution in [2.24, 2.45) is 0 Å². The lowest BCUT2D eigenvalue weighted by atomic mass is 9.83. The van der Waals surface area contributed by atoms with Crippen molar-refractivity contribution in [3.8, 4) is 6.07 Å². The van der Waals surface area contributed by atoms with Crippen LogP contribution in [0.4, 0.5) is 0 Å². The molecule has 0 unspecified atom stereocenters. The van der Waals surface area contributed by atoms with Crippen LogP contribution in [0.1, 0.15) is 43.6 Å². The first-order valence-corrected chi connectivity index (χ1v) is 6.61. The van der Waals surface area contributed by atoms with Gasteiger partial charge in [-0.3, -0.25) is 4.79 Å². The minimum Gasteiger partial charge on any atom is -0.462 e. The molecule has 1 fully saturated rings.